The summed E-state index contributed by atoms with van der Waals surface area (Å²) in [5.74, 6) is -0.0766. The Bertz CT molecular complexity index is 1600. The summed E-state index contributed by atoms with van der Waals surface area (Å²) in [7, 11) is -0.380. The lowest BCUT2D eigenvalue weighted by Crippen LogP contribution is -2.40. The number of sulfone groups is 1. The average Bonchev–Trinajstić information content (AvgIpc) is 3.46. The first-order valence-corrected chi connectivity index (χ1v) is 13.2. The molecule has 4 aromatic rings. The van der Waals surface area contributed by atoms with Gasteiger partial charge in [0, 0.05) is 0 Å². The summed E-state index contributed by atoms with van der Waals surface area (Å²) in [6.45, 7) is 5.07. The SMILES string of the molecule is CCn1cc[n+](C)c1C([O-])=Nc1ccc(S(=O)(=O)c2cccc(N=C([O-])c3n(CC)cc[n+]3C)c2)cc1. The number of benzene rings is 2. The summed E-state index contributed by atoms with van der Waals surface area (Å²) in [5.41, 5.74) is 0.577. The summed E-state index contributed by atoms with van der Waals surface area (Å²) < 4.78 is 33.4. The largest absolute Gasteiger partial charge is 0.853 e. The minimum absolute atomic E-state index is 0.00497. The first-order chi connectivity index (χ1) is 17.6. The maximum Gasteiger partial charge on any atom is 0.292 e. The van der Waals surface area contributed by atoms with E-state index >= 15 is 0 Å². The highest BCUT2D eigenvalue weighted by Crippen LogP contribution is 2.26. The molecule has 0 N–H and O–H groups in total. The summed E-state index contributed by atoms with van der Waals surface area (Å²) in [6, 6.07) is 11.7. The monoisotopic (exact) mass is 520 g/mol. The molecule has 4 rings (SSSR count). The highest BCUT2D eigenvalue weighted by molar-refractivity contribution is 7.91. The zero-order valence-electron chi connectivity index (χ0n) is 21.1. The van der Waals surface area contributed by atoms with Crippen LogP contribution >= 0.6 is 0 Å². The van der Waals surface area contributed by atoms with E-state index in [-0.39, 0.29) is 15.5 Å². The Balaban J connectivity index is 1.61. The van der Waals surface area contributed by atoms with Gasteiger partial charge < -0.3 is 10.2 Å². The molecule has 0 unspecified atom stereocenters. The first-order valence-electron chi connectivity index (χ1n) is 11.7. The molecular weight excluding hydrogens is 492 g/mol. The van der Waals surface area contributed by atoms with Gasteiger partial charge in [0.15, 0.2) is 0 Å². The third-order valence-corrected chi connectivity index (χ3v) is 7.72. The summed E-state index contributed by atoms with van der Waals surface area (Å²) in [5, 5.41) is 25.5. The Hall–Kier alpha value is -4.25. The lowest BCUT2D eigenvalue weighted by atomic mass is 10.3. The molecule has 0 atom stereocenters. The lowest BCUT2D eigenvalue weighted by Gasteiger charge is -2.10. The Morgan fingerprint density at radius 2 is 1.30 bits per heavy atom. The summed E-state index contributed by atoms with van der Waals surface area (Å²) in [6.07, 6.45) is 7.12. The molecule has 10 nitrogen and oxygen atoms in total. The van der Waals surface area contributed by atoms with Crippen molar-refractivity contribution in [2.75, 3.05) is 0 Å². The Kier molecular flexibility index (Phi) is 7.25. The van der Waals surface area contributed by atoms with E-state index in [9.17, 15) is 18.6 Å². The van der Waals surface area contributed by atoms with Crippen LogP contribution in [0.5, 0.6) is 0 Å². The van der Waals surface area contributed by atoms with Gasteiger partial charge in [0.05, 0.1) is 60.1 Å². The number of aliphatic imine (C=N–C) groups is 2. The maximum atomic E-state index is 13.3. The van der Waals surface area contributed by atoms with E-state index in [1.165, 1.54) is 36.4 Å². The molecule has 0 spiro atoms. The third kappa shape index (κ3) is 5.17. The van der Waals surface area contributed by atoms with Gasteiger partial charge in [0.2, 0.25) is 9.84 Å². The van der Waals surface area contributed by atoms with E-state index in [1.807, 2.05) is 13.8 Å². The van der Waals surface area contributed by atoms with Crippen molar-refractivity contribution in [3.05, 3.63) is 85.0 Å². The second-order valence-corrected chi connectivity index (χ2v) is 10.3. The highest BCUT2D eigenvalue weighted by Gasteiger charge is 2.19. The predicted octanol–water partition coefficient (Wildman–Crippen LogP) is 0.688. The molecule has 2 aromatic heterocycles. The van der Waals surface area contributed by atoms with Crippen LogP contribution < -0.4 is 19.3 Å². The molecule has 0 saturated carbocycles. The van der Waals surface area contributed by atoms with E-state index in [0.717, 1.165) is 0 Å². The van der Waals surface area contributed by atoms with Crippen molar-refractivity contribution in [2.24, 2.45) is 24.1 Å². The van der Waals surface area contributed by atoms with Crippen LogP contribution in [0.15, 0.2) is 93.1 Å². The molecule has 0 radical (unpaired) electrons. The molecule has 192 valence electrons. The molecule has 0 amide bonds. The maximum absolute atomic E-state index is 13.3. The first kappa shape index (κ1) is 25.8. The quantitative estimate of drug-likeness (QED) is 0.193. The van der Waals surface area contributed by atoms with Gasteiger partial charge in [-0.15, -0.1) is 0 Å². The number of nitrogens with zero attached hydrogens (tertiary/aromatic N) is 6. The molecule has 2 aromatic carbocycles. The van der Waals surface area contributed by atoms with Gasteiger partial charge >= 0.3 is 0 Å². The Morgan fingerprint density at radius 3 is 1.81 bits per heavy atom. The van der Waals surface area contributed by atoms with Crippen molar-refractivity contribution in [3.8, 4) is 0 Å². The third-order valence-electron chi connectivity index (χ3n) is 5.95. The minimum atomic E-state index is -3.89. The summed E-state index contributed by atoms with van der Waals surface area (Å²) in [4.78, 5) is 8.30. The molecular formula is C26H28N6O4S. The fourth-order valence-corrected chi connectivity index (χ4v) is 5.30. The van der Waals surface area contributed by atoms with Crippen molar-refractivity contribution in [3.63, 3.8) is 0 Å². The molecule has 0 aliphatic carbocycles. The highest BCUT2D eigenvalue weighted by atomic mass is 32.2. The van der Waals surface area contributed by atoms with Crippen molar-refractivity contribution >= 4 is 33.0 Å². The van der Waals surface area contributed by atoms with Gasteiger partial charge in [-0.2, -0.15) is 0 Å². The van der Waals surface area contributed by atoms with Gasteiger partial charge in [-0.3, -0.25) is 9.98 Å². The van der Waals surface area contributed by atoms with Gasteiger partial charge in [0.1, 0.15) is 24.8 Å². The lowest BCUT2D eigenvalue weighted by molar-refractivity contribution is -0.674. The van der Waals surface area contributed by atoms with Gasteiger partial charge in [0.25, 0.3) is 11.6 Å². The Morgan fingerprint density at radius 1 is 0.784 bits per heavy atom. The fraction of sp³-hybridized carbons (Fsp3) is 0.231. The smallest absolute Gasteiger partial charge is 0.292 e. The van der Waals surface area contributed by atoms with Crippen LogP contribution in [0.3, 0.4) is 0 Å². The van der Waals surface area contributed by atoms with E-state index in [2.05, 4.69) is 9.98 Å². The number of aromatic nitrogens is 4. The number of hydrogen-bond acceptors (Lipinski definition) is 6. The van der Waals surface area contributed by atoms with Crippen LogP contribution in [0.25, 0.3) is 0 Å². The number of aryl methyl sites for hydroxylation is 4. The predicted molar refractivity (Wildman–Crippen MR) is 133 cm³/mol. The molecule has 0 saturated heterocycles. The number of imidazole rings is 2. The number of hydrogen-bond donors (Lipinski definition) is 0. The van der Waals surface area contributed by atoms with Gasteiger partial charge in [-0.1, -0.05) is 6.07 Å². The Labute approximate surface area is 215 Å². The van der Waals surface area contributed by atoms with E-state index in [1.54, 1.807) is 69.3 Å². The van der Waals surface area contributed by atoms with Gasteiger partial charge in [-0.05, 0) is 56.3 Å². The summed E-state index contributed by atoms with van der Waals surface area (Å²) >= 11 is 0. The molecule has 0 aliphatic rings. The zero-order chi connectivity index (χ0) is 26.7. The van der Waals surface area contributed by atoms with E-state index < -0.39 is 21.6 Å². The van der Waals surface area contributed by atoms with Crippen molar-refractivity contribution in [2.45, 2.75) is 36.7 Å². The molecule has 0 fully saturated rings. The molecule has 37 heavy (non-hydrogen) atoms. The van der Waals surface area contributed by atoms with Crippen molar-refractivity contribution in [1.29, 1.82) is 0 Å². The molecule has 0 bridgehead atoms. The number of rotatable bonds is 8. The molecule has 0 aliphatic heterocycles. The molecule has 11 heteroatoms. The van der Waals surface area contributed by atoms with Crippen LogP contribution in [0.4, 0.5) is 11.4 Å². The topological polar surface area (TPSA) is 123 Å². The van der Waals surface area contributed by atoms with Crippen LogP contribution in [-0.2, 0) is 37.0 Å². The van der Waals surface area contributed by atoms with Crippen molar-refractivity contribution < 1.29 is 27.8 Å². The van der Waals surface area contributed by atoms with Crippen LogP contribution in [0.1, 0.15) is 25.5 Å². The second-order valence-electron chi connectivity index (χ2n) is 8.37. The second kappa shape index (κ2) is 10.4. The van der Waals surface area contributed by atoms with Crippen LogP contribution in [0.2, 0.25) is 0 Å². The standard InChI is InChI=1S/C26H28N6O4S/c1-5-31-16-14-29(3)25(31)23(33)27-19-10-12-21(13-11-19)37(35,36)22-9-7-8-20(18-22)28-24(34)26-30(4)15-17-32(26)6-2/h7-18H,5-6H2,1-4H3. The fourth-order valence-electron chi connectivity index (χ4n) is 4.00. The zero-order valence-corrected chi connectivity index (χ0v) is 21.9. The van der Waals surface area contributed by atoms with Crippen molar-refractivity contribution in [1.82, 2.24) is 9.13 Å². The van der Waals surface area contributed by atoms with E-state index in [0.29, 0.717) is 30.4 Å². The van der Waals surface area contributed by atoms with Gasteiger partial charge in [-0.25, -0.2) is 26.7 Å². The van der Waals surface area contributed by atoms with E-state index in [4.69, 9.17) is 0 Å². The normalized spacial score (nSPS) is 12.8. The van der Waals surface area contributed by atoms with Crippen LogP contribution in [-0.4, -0.2) is 29.3 Å². The molecule has 2 heterocycles. The minimum Gasteiger partial charge on any atom is -0.853 e. The average molecular weight is 521 g/mol. The van der Waals surface area contributed by atoms with Crippen LogP contribution in [0, 0.1) is 0 Å².